The predicted molar refractivity (Wildman–Crippen MR) is 70.7 cm³/mol. The van der Waals surface area contributed by atoms with Gasteiger partial charge in [-0.05, 0) is 11.6 Å². The zero-order valence-electron chi connectivity index (χ0n) is 10.9. The van der Waals surface area contributed by atoms with E-state index in [2.05, 4.69) is 21.6 Å². The first-order valence-electron chi connectivity index (χ1n) is 6.01. The molecule has 0 atom stereocenters. The van der Waals surface area contributed by atoms with Crippen molar-refractivity contribution in [3.63, 3.8) is 0 Å². The average molecular weight is 317 g/mol. The Morgan fingerprint density at radius 1 is 1.43 bits per heavy atom. The van der Waals surface area contributed by atoms with Gasteiger partial charge in [0, 0.05) is 12.0 Å². The van der Waals surface area contributed by atoms with E-state index in [0.29, 0.717) is 12.0 Å². The fraction of sp³-hybridized carbons (Fsp3) is 0.231. The molecule has 2 rings (SSSR count). The lowest BCUT2D eigenvalue weighted by atomic mass is 10.0. The van der Waals surface area contributed by atoms with Gasteiger partial charge in [-0.1, -0.05) is 42.4 Å². The standard InChI is InChI=1S/C13H11ClF2N2O3/c1-2-9-10(12(19)18-21-13(14,15)16)11(17-20-9)8-6-4-3-5-7-8/h3-7H,2H2,1H3,(H,18,19). The van der Waals surface area contributed by atoms with Crippen molar-refractivity contribution in [2.75, 3.05) is 0 Å². The van der Waals surface area contributed by atoms with Gasteiger partial charge in [-0.15, -0.1) is 0 Å². The van der Waals surface area contributed by atoms with Gasteiger partial charge in [-0.2, -0.15) is 13.6 Å². The minimum atomic E-state index is -3.99. The number of halogens is 3. The van der Waals surface area contributed by atoms with Gasteiger partial charge in [-0.3, -0.25) is 4.79 Å². The van der Waals surface area contributed by atoms with Crippen molar-refractivity contribution in [2.45, 2.75) is 18.9 Å². The summed E-state index contributed by atoms with van der Waals surface area (Å²) in [4.78, 5) is 15.8. The van der Waals surface area contributed by atoms with Crippen molar-refractivity contribution in [1.29, 1.82) is 0 Å². The molecule has 1 heterocycles. The molecular weight excluding hydrogens is 306 g/mol. The second-order valence-corrected chi connectivity index (χ2v) is 4.47. The predicted octanol–water partition coefficient (Wildman–Crippen LogP) is 3.35. The van der Waals surface area contributed by atoms with Crippen molar-refractivity contribution >= 4 is 17.5 Å². The molecule has 0 radical (unpaired) electrons. The van der Waals surface area contributed by atoms with Crippen LogP contribution in [0.4, 0.5) is 8.78 Å². The second kappa shape index (κ2) is 6.19. The zero-order valence-corrected chi connectivity index (χ0v) is 11.7. The number of benzene rings is 1. The van der Waals surface area contributed by atoms with Crippen LogP contribution >= 0.6 is 11.6 Å². The average Bonchev–Trinajstić information content (AvgIpc) is 2.89. The molecule has 1 aromatic heterocycles. The van der Waals surface area contributed by atoms with Crippen LogP contribution in [0.3, 0.4) is 0 Å². The number of nitrogens with one attached hydrogen (secondary N) is 1. The van der Waals surface area contributed by atoms with Crippen LogP contribution in [0, 0.1) is 0 Å². The fourth-order valence-corrected chi connectivity index (χ4v) is 1.79. The molecule has 1 amide bonds. The first-order chi connectivity index (χ1) is 9.92. The van der Waals surface area contributed by atoms with Gasteiger partial charge in [0.2, 0.25) is 0 Å². The quantitative estimate of drug-likeness (QED) is 0.678. The largest absolute Gasteiger partial charge is 0.461 e. The number of amides is 1. The second-order valence-electron chi connectivity index (χ2n) is 4.03. The van der Waals surface area contributed by atoms with E-state index >= 15 is 0 Å². The van der Waals surface area contributed by atoms with Gasteiger partial charge in [0.25, 0.3) is 5.91 Å². The van der Waals surface area contributed by atoms with E-state index in [-0.39, 0.29) is 17.0 Å². The lowest BCUT2D eigenvalue weighted by molar-refractivity contribution is -0.198. The molecule has 112 valence electrons. The van der Waals surface area contributed by atoms with E-state index in [0.717, 1.165) is 0 Å². The molecule has 0 fully saturated rings. The number of hydrogen-bond donors (Lipinski definition) is 1. The number of hydroxylamine groups is 1. The minimum absolute atomic E-state index is 0.0321. The summed E-state index contributed by atoms with van der Waals surface area (Å²) < 4.78 is 29.9. The van der Waals surface area contributed by atoms with Gasteiger partial charge < -0.3 is 4.52 Å². The van der Waals surface area contributed by atoms with Crippen molar-refractivity contribution in [1.82, 2.24) is 10.6 Å². The van der Waals surface area contributed by atoms with Crippen LogP contribution in [0.5, 0.6) is 0 Å². The minimum Gasteiger partial charge on any atom is -0.360 e. The van der Waals surface area contributed by atoms with Crippen LogP contribution in [0.15, 0.2) is 34.9 Å². The Morgan fingerprint density at radius 2 is 2.10 bits per heavy atom. The lowest BCUT2D eigenvalue weighted by Crippen LogP contribution is -2.31. The topological polar surface area (TPSA) is 64.4 Å². The molecular formula is C13H11ClF2N2O3. The van der Waals surface area contributed by atoms with Gasteiger partial charge in [-0.25, -0.2) is 5.48 Å². The number of carbonyl (C=O) groups is 1. The van der Waals surface area contributed by atoms with Crippen molar-refractivity contribution < 1.29 is 22.9 Å². The molecule has 0 aliphatic heterocycles. The van der Waals surface area contributed by atoms with Crippen LogP contribution < -0.4 is 5.48 Å². The van der Waals surface area contributed by atoms with Crippen molar-refractivity contribution in [2.24, 2.45) is 0 Å². The molecule has 1 N–H and O–H groups in total. The zero-order chi connectivity index (χ0) is 15.5. The summed E-state index contributed by atoms with van der Waals surface area (Å²) in [5.74, 6) is -0.653. The molecule has 0 aliphatic carbocycles. The van der Waals surface area contributed by atoms with E-state index in [1.54, 1.807) is 42.7 Å². The summed E-state index contributed by atoms with van der Waals surface area (Å²) in [6.07, 6.45) is 0.361. The molecule has 0 saturated heterocycles. The van der Waals surface area contributed by atoms with Crippen LogP contribution in [0.2, 0.25) is 0 Å². The van der Waals surface area contributed by atoms with Gasteiger partial charge in [0.05, 0.1) is 0 Å². The molecule has 8 heteroatoms. The van der Waals surface area contributed by atoms with Crippen LogP contribution in [-0.4, -0.2) is 16.6 Å². The lowest BCUT2D eigenvalue weighted by Gasteiger charge is -2.09. The highest BCUT2D eigenvalue weighted by molar-refractivity contribution is 6.20. The molecule has 0 bridgehead atoms. The maximum Gasteiger partial charge on any atom is 0.461 e. The normalized spacial score (nSPS) is 11.4. The molecule has 2 aromatic rings. The Kier molecular flexibility index (Phi) is 4.54. The summed E-state index contributed by atoms with van der Waals surface area (Å²) in [6, 6.07) is 8.72. The summed E-state index contributed by atoms with van der Waals surface area (Å²) in [6.45, 7) is 1.74. The van der Waals surface area contributed by atoms with E-state index in [9.17, 15) is 13.6 Å². The van der Waals surface area contributed by atoms with Crippen LogP contribution in [0.1, 0.15) is 23.0 Å². The van der Waals surface area contributed by atoms with Gasteiger partial charge in [0.1, 0.15) is 17.0 Å². The summed E-state index contributed by atoms with van der Waals surface area (Å²) >= 11 is 4.56. The number of aryl methyl sites for hydroxylation is 1. The third kappa shape index (κ3) is 3.77. The third-order valence-electron chi connectivity index (χ3n) is 2.62. The van der Waals surface area contributed by atoms with Gasteiger partial charge in [0.15, 0.2) is 0 Å². The monoisotopic (exact) mass is 316 g/mol. The van der Waals surface area contributed by atoms with E-state index in [4.69, 9.17) is 4.52 Å². The Balaban J connectivity index is 2.33. The summed E-state index contributed by atoms with van der Waals surface area (Å²) in [5, 5.41) is 3.81. The Hall–Kier alpha value is -1.99. The van der Waals surface area contributed by atoms with Crippen LogP contribution in [0.25, 0.3) is 11.3 Å². The summed E-state index contributed by atoms with van der Waals surface area (Å²) in [5.41, 5.74) is -1.52. The maximum absolute atomic E-state index is 12.4. The summed E-state index contributed by atoms with van der Waals surface area (Å²) in [7, 11) is 0. The number of aromatic nitrogens is 1. The van der Waals surface area contributed by atoms with E-state index in [1.165, 1.54) is 0 Å². The van der Waals surface area contributed by atoms with Crippen molar-refractivity contribution in [3.8, 4) is 11.3 Å². The highest BCUT2D eigenvalue weighted by atomic mass is 35.5. The smallest absolute Gasteiger partial charge is 0.360 e. The molecule has 0 aliphatic rings. The molecule has 21 heavy (non-hydrogen) atoms. The highest BCUT2D eigenvalue weighted by Crippen LogP contribution is 2.26. The fourth-order valence-electron chi connectivity index (χ4n) is 1.75. The highest BCUT2D eigenvalue weighted by Gasteiger charge is 2.30. The molecule has 0 saturated carbocycles. The molecule has 5 nitrogen and oxygen atoms in total. The van der Waals surface area contributed by atoms with Gasteiger partial charge >= 0.3 is 5.57 Å². The Labute approximate surface area is 123 Å². The van der Waals surface area contributed by atoms with Crippen LogP contribution in [-0.2, 0) is 11.3 Å². The SMILES string of the molecule is CCc1onc(-c2ccccc2)c1C(=O)NOC(F)(F)Cl. The van der Waals surface area contributed by atoms with E-state index in [1.807, 2.05) is 0 Å². The number of carbonyl (C=O) groups excluding carboxylic acids is 1. The van der Waals surface area contributed by atoms with E-state index < -0.39 is 11.5 Å². The Morgan fingerprint density at radius 3 is 2.67 bits per heavy atom. The number of hydrogen-bond acceptors (Lipinski definition) is 4. The molecule has 0 unspecified atom stereocenters. The Bertz CT molecular complexity index is 626. The first kappa shape index (κ1) is 15.4. The first-order valence-corrected chi connectivity index (χ1v) is 6.39. The maximum atomic E-state index is 12.4. The number of alkyl halides is 3. The number of rotatable bonds is 5. The molecule has 0 spiro atoms. The number of nitrogens with zero attached hydrogens (tertiary/aromatic N) is 1. The van der Waals surface area contributed by atoms with Crippen molar-refractivity contribution in [3.05, 3.63) is 41.7 Å². The molecule has 1 aromatic carbocycles. The third-order valence-corrected chi connectivity index (χ3v) is 2.69.